The Labute approximate surface area is 127 Å². The zero-order valence-corrected chi connectivity index (χ0v) is 11.8. The molecule has 6 heteroatoms. The standard InChI is InChI=1S/C16H15N3O3/c20-15(13-8-18-14(9-17-13)16(21)22)19-7-11-6-5-10-3-1-2-4-12(10)11/h1-4,8-9,11H,5-7H2,(H,19,20)(H,21,22). The molecular weight excluding hydrogens is 282 g/mol. The summed E-state index contributed by atoms with van der Waals surface area (Å²) < 4.78 is 0. The average Bonchev–Trinajstić information content (AvgIpc) is 2.96. The van der Waals surface area contributed by atoms with Gasteiger partial charge < -0.3 is 10.4 Å². The summed E-state index contributed by atoms with van der Waals surface area (Å²) in [7, 11) is 0. The van der Waals surface area contributed by atoms with Crippen LogP contribution in [-0.4, -0.2) is 33.5 Å². The molecule has 0 saturated heterocycles. The molecule has 2 N–H and O–H groups in total. The van der Waals surface area contributed by atoms with E-state index in [1.54, 1.807) is 0 Å². The Balaban J connectivity index is 1.62. The minimum absolute atomic E-state index is 0.122. The Morgan fingerprint density at radius 1 is 1.18 bits per heavy atom. The molecule has 1 amide bonds. The first-order valence-corrected chi connectivity index (χ1v) is 7.06. The van der Waals surface area contributed by atoms with Crippen molar-refractivity contribution in [1.29, 1.82) is 0 Å². The number of hydrogen-bond acceptors (Lipinski definition) is 4. The zero-order valence-electron chi connectivity index (χ0n) is 11.8. The van der Waals surface area contributed by atoms with E-state index in [1.807, 2.05) is 12.1 Å². The molecule has 0 bridgehead atoms. The van der Waals surface area contributed by atoms with Crippen molar-refractivity contribution in [3.05, 3.63) is 59.2 Å². The highest BCUT2D eigenvalue weighted by Crippen LogP contribution is 2.32. The number of nitrogens with zero attached hydrogens (tertiary/aromatic N) is 2. The number of amides is 1. The Kier molecular flexibility index (Phi) is 3.82. The molecule has 1 aliphatic carbocycles. The van der Waals surface area contributed by atoms with E-state index in [0.29, 0.717) is 12.5 Å². The highest BCUT2D eigenvalue weighted by Gasteiger charge is 2.22. The topological polar surface area (TPSA) is 92.2 Å². The molecule has 0 aliphatic heterocycles. The van der Waals surface area contributed by atoms with Crippen molar-refractivity contribution in [3.63, 3.8) is 0 Å². The first kappa shape index (κ1) is 14.2. The third kappa shape index (κ3) is 2.81. The Bertz CT molecular complexity index is 713. The van der Waals surface area contributed by atoms with Crippen molar-refractivity contribution in [1.82, 2.24) is 15.3 Å². The van der Waals surface area contributed by atoms with Crippen LogP contribution in [0.5, 0.6) is 0 Å². The van der Waals surface area contributed by atoms with Crippen LogP contribution in [0.3, 0.4) is 0 Å². The lowest BCUT2D eigenvalue weighted by molar-refractivity contribution is 0.0689. The maximum atomic E-state index is 12.0. The SMILES string of the molecule is O=C(O)c1cnc(C(=O)NCC2CCc3ccccc32)cn1. The van der Waals surface area contributed by atoms with Crippen LogP contribution in [0.1, 0.15) is 44.4 Å². The molecule has 112 valence electrons. The van der Waals surface area contributed by atoms with Crippen LogP contribution in [0.25, 0.3) is 0 Å². The normalized spacial score (nSPS) is 16.1. The van der Waals surface area contributed by atoms with Crippen LogP contribution >= 0.6 is 0 Å². The maximum Gasteiger partial charge on any atom is 0.356 e. The van der Waals surface area contributed by atoms with Gasteiger partial charge in [-0.25, -0.2) is 14.8 Å². The van der Waals surface area contributed by atoms with E-state index in [9.17, 15) is 9.59 Å². The summed E-state index contributed by atoms with van der Waals surface area (Å²) in [4.78, 5) is 30.3. The van der Waals surface area contributed by atoms with Crippen LogP contribution in [0.4, 0.5) is 0 Å². The van der Waals surface area contributed by atoms with E-state index in [4.69, 9.17) is 5.11 Å². The smallest absolute Gasteiger partial charge is 0.356 e. The number of aryl methyl sites for hydroxylation is 1. The number of aromatic carboxylic acids is 1. The Hall–Kier alpha value is -2.76. The second-order valence-corrected chi connectivity index (χ2v) is 5.24. The Morgan fingerprint density at radius 2 is 1.91 bits per heavy atom. The number of carbonyl (C=O) groups is 2. The summed E-state index contributed by atoms with van der Waals surface area (Å²) in [5.41, 5.74) is 2.57. The third-order valence-electron chi connectivity index (χ3n) is 3.87. The monoisotopic (exact) mass is 297 g/mol. The number of carboxylic acid groups (broad SMARTS) is 1. The zero-order chi connectivity index (χ0) is 15.5. The van der Waals surface area contributed by atoms with E-state index >= 15 is 0 Å². The van der Waals surface area contributed by atoms with Gasteiger partial charge in [0.2, 0.25) is 0 Å². The maximum absolute atomic E-state index is 12.0. The van der Waals surface area contributed by atoms with Crippen LogP contribution in [0, 0.1) is 0 Å². The summed E-state index contributed by atoms with van der Waals surface area (Å²) in [6.45, 7) is 0.540. The van der Waals surface area contributed by atoms with Gasteiger partial charge in [0, 0.05) is 12.5 Å². The predicted molar refractivity (Wildman–Crippen MR) is 78.8 cm³/mol. The number of benzene rings is 1. The van der Waals surface area contributed by atoms with Gasteiger partial charge in [-0.1, -0.05) is 24.3 Å². The number of nitrogens with one attached hydrogen (secondary N) is 1. The summed E-state index contributed by atoms with van der Waals surface area (Å²) in [6.07, 6.45) is 4.32. The fourth-order valence-corrected chi connectivity index (χ4v) is 2.72. The third-order valence-corrected chi connectivity index (χ3v) is 3.87. The van der Waals surface area contributed by atoms with Gasteiger partial charge in [0.15, 0.2) is 5.69 Å². The minimum atomic E-state index is -1.16. The minimum Gasteiger partial charge on any atom is -0.476 e. The molecule has 1 heterocycles. The lowest BCUT2D eigenvalue weighted by atomic mass is 10.0. The van der Waals surface area contributed by atoms with Crippen LogP contribution in [0.15, 0.2) is 36.7 Å². The number of fused-ring (bicyclic) bond motifs is 1. The molecule has 1 aromatic carbocycles. The van der Waals surface area contributed by atoms with Gasteiger partial charge in [0.1, 0.15) is 5.69 Å². The molecule has 1 unspecified atom stereocenters. The number of aromatic nitrogens is 2. The van der Waals surface area contributed by atoms with Gasteiger partial charge in [0.25, 0.3) is 5.91 Å². The van der Waals surface area contributed by atoms with Gasteiger partial charge in [-0.3, -0.25) is 4.79 Å². The number of hydrogen-bond donors (Lipinski definition) is 2. The number of carbonyl (C=O) groups excluding carboxylic acids is 1. The van der Waals surface area contributed by atoms with Crippen LogP contribution in [0.2, 0.25) is 0 Å². The van der Waals surface area contributed by atoms with Crippen molar-refractivity contribution in [2.24, 2.45) is 0 Å². The van der Waals surface area contributed by atoms with Gasteiger partial charge in [-0.05, 0) is 24.0 Å². The van der Waals surface area contributed by atoms with Gasteiger partial charge in [-0.15, -0.1) is 0 Å². The molecule has 6 nitrogen and oxygen atoms in total. The fraction of sp³-hybridized carbons (Fsp3) is 0.250. The highest BCUT2D eigenvalue weighted by molar-refractivity contribution is 5.92. The van der Waals surface area contributed by atoms with Crippen molar-refractivity contribution in [3.8, 4) is 0 Å². The molecule has 1 atom stereocenters. The summed E-state index contributed by atoms with van der Waals surface area (Å²) in [5, 5.41) is 11.6. The molecule has 0 radical (unpaired) electrons. The van der Waals surface area contributed by atoms with Crippen molar-refractivity contribution >= 4 is 11.9 Å². The van der Waals surface area contributed by atoms with E-state index in [1.165, 1.54) is 17.3 Å². The number of rotatable bonds is 4. The largest absolute Gasteiger partial charge is 0.476 e. The molecule has 1 aromatic heterocycles. The van der Waals surface area contributed by atoms with Crippen molar-refractivity contribution < 1.29 is 14.7 Å². The van der Waals surface area contributed by atoms with E-state index < -0.39 is 5.97 Å². The molecule has 22 heavy (non-hydrogen) atoms. The fourth-order valence-electron chi connectivity index (χ4n) is 2.72. The molecule has 0 spiro atoms. The number of carboxylic acids is 1. The van der Waals surface area contributed by atoms with E-state index in [0.717, 1.165) is 19.0 Å². The van der Waals surface area contributed by atoms with E-state index in [2.05, 4.69) is 27.4 Å². The van der Waals surface area contributed by atoms with Crippen molar-refractivity contribution in [2.75, 3.05) is 6.54 Å². The Morgan fingerprint density at radius 3 is 2.64 bits per heavy atom. The highest BCUT2D eigenvalue weighted by atomic mass is 16.4. The quantitative estimate of drug-likeness (QED) is 0.895. The van der Waals surface area contributed by atoms with Crippen LogP contribution in [-0.2, 0) is 6.42 Å². The summed E-state index contributed by atoms with van der Waals surface area (Å²) >= 11 is 0. The van der Waals surface area contributed by atoms with Gasteiger partial charge in [0.05, 0.1) is 12.4 Å². The van der Waals surface area contributed by atoms with Gasteiger partial charge in [-0.2, -0.15) is 0 Å². The summed E-state index contributed by atoms with van der Waals surface area (Å²) in [6, 6.07) is 8.25. The summed E-state index contributed by atoms with van der Waals surface area (Å²) in [5.74, 6) is -1.19. The van der Waals surface area contributed by atoms with Crippen LogP contribution < -0.4 is 5.32 Å². The molecule has 1 aliphatic rings. The molecular formula is C16H15N3O3. The van der Waals surface area contributed by atoms with Crippen molar-refractivity contribution in [2.45, 2.75) is 18.8 Å². The molecule has 3 rings (SSSR count). The second kappa shape index (κ2) is 5.93. The first-order valence-electron chi connectivity index (χ1n) is 7.06. The average molecular weight is 297 g/mol. The first-order chi connectivity index (χ1) is 10.6. The molecule has 2 aromatic rings. The predicted octanol–water partition coefficient (Wildman–Crippen LogP) is 1.63. The van der Waals surface area contributed by atoms with Gasteiger partial charge >= 0.3 is 5.97 Å². The molecule has 0 saturated carbocycles. The lowest BCUT2D eigenvalue weighted by Crippen LogP contribution is -2.28. The molecule has 0 fully saturated rings. The lowest BCUT2D eigenvalue weighted by Gasteiger charge is -2.12. The van der Waals surface area contributed by atoms with E-state index in [-0.39, 0.29) is 17.3 Å². The second-order valence-electron chi connectivity index (χ2n) is 5.24.